The first kappa shape index (κ1) is 31.1. The van der Waals surface area contributed by atoms with E-state index in [-0.39, 0.29) is 5.82 Å². The molecule has 0 spiro atoms. The molecule has 0 atom stereocenters. The van der Waals surface area contributed by atoms with Crippen molar-refractivity contribution < 1.29 is 4.39 Å². The van der Waals surface area contributed by atoms with Crippen LogP contribution in [0.2, 0.25) is 0 Å². The number of rotatable bonds is 11. The predicted octanol–water partition coefficient (Wildman–Crippen LogP) is 7.25. The maximum Gasteiger partial charge on any atom is 0.131 e. The van der Waals surface area contributed by atoms with E-state index in [0.29, 0.717) is 6.67 Å². The summed E-state index contributed by atoms with van der Waals surface area (Å²) >= 11 is 4.98. The number of nitrogens with zero attached hydrogens (tertiary/aromatic N) is 1. The second kappa shape index (κ2) is 18.1. The van der Waals surface area contributed by atoms with Gasteiger partial charge in [-0.15, -0.1) is 0 Å². The molecule has 0 heterocycles. The van der Waals surface area contributed by atoms with Crippen molar-refractivity contribution in [3.8, 4) is 0 Å². The minimum Gasteiger partial charge on any atom is -0.388 e. The van der Waals surface area contributed by atoms with Gasteiger partial charge in [0.05, 0.1) is 6.67 Å². The molecule has 0 aliphatic heterocycles. The van der Waals surface area contributed by atoms with Crippen LogP contribution in [-0.2, 0) is 6.42 Å². The molecule has 0 unspecified atom stereocenters. The van der Waals surface area contributed by atoms with Crippen molar-refractivity contribution >= 4 is 39.4 Å². The first-order valence-electron chi connectivity index (χ1n) is 13.7. The number of hydrogen-bond acceptors (Lipinski definition) is 5. The fourth-order valence-corrected chi connectivity index (χ4v) is 5.31. The molecular weight excluding hydrogens is 573 g/mol. The predicted molar refractivity (Wildman–Crippen MR) is 169 cm³/mol. The number of aliphatic imine (C=N–C) groups is 1. The molecule has 5 nitrogen and oxygen atoms in total. The van der Waals surface area contributed by atoms with Gasteiger partial charge in [-0.3, -0.25) is 15.0 Å². The maximum absolute atomic E-state index is 13.1. The van der Waals surface area contributed by atoms with E-state index < -0.39 is 0 Å². The van der Waals surface area contributed by atoms with Gasteiger partial charge in [-0.05, 0) is 105 Å². The molecule has 3 aromatic rings. The van der Waals surface area contributed by atoms with Crippen LogP contribution in [0.25, 0.3) is 0 Å². The van der Waals surface area contributed by atoms with Crippen LogP contribution >= 0.6 is 27.9 Å². The Hall–Kier alpha value is -2.39. The van der Waals surface area contributed by atoms with E-state index >= 15 is 0 Å². The number of anilines is 1. The molecule has 3 aromatic carbocycles. The van der Waals surface area contributed by atoms with Crippen LogP contribution in [0.3, 0.4) is 0 Å². The summed E-state index contributed by atoms with van der Waals surface area (Å²) in [6.07, 6.45) is 7.60. The number of benzene rings is 3. The molecule has 4 N–H and O–H groups in total. The molecule has 1 aliphatic carbocycles. The zero-order valence-corrected chi connectivity index (χ0v) is 25.4. The Balaban J connectivity index is 0.000000353. The average Bonchev–Trinajstić information content (AvgIpc) is 2.97. The van der Waals surface area contributed by atoms with E-state index in [1.807, 2.05) is 50.5 Å². The van der Waals surface area contributed by atoms with Gasteiger partial charge < -0.3 is 10.6 Å². The van der Waals surface area contributed by atoms with Crippen molar-refractivity contribution in [2.75, 3.05) is 39.2 Å². The molecule has 1 saturated carbocycles. The number of hydrogen-bond donors (Lipinski definition) is 4. The van der Waals surface area contributed by atoms with Crippen molar-refractivity contribution in [1.82, 2.24) is 15.4 Å². The van der Waals surface area contributed by atoms with Crippen LogP contribution in [-0.4, -0.2) is 39.7 Å². The number of amidine groups is 1. The minimum absolute atomic E-state index is 0.198. The van der Waals surface area contributed by atoms with Gasteiger partial charge in [-0.1, -0.05) is 59.5 Å². The molecule has 1 aliphatic rings. The highest BCUT2D eigenvalue weighted by Crippen LogP contribution is 2.22. The van der Waals surface area contributed by atoms with E-state index in [1.54, 1.807) is 11.9 Å². The second-order valence-corrected chi connectivity index (χ2v) is 11.5. The Morgan fingerprint density at radius 3 is 2.36 bits per heavy atom. The van der Waals surface area contributed by atoms with Gasteiger partial charge >= 0.3 is 0 Å². The molecule has 0 saturated heterocycles. The number of para-hydroxylation sites is 1. The van der Waals surface area contributed by atoms with Gasteiger partial charge in [-0.2, -0.15) is 0 Å². The van der Waals surface area contributed by atoms with Crippen LogP contribution < -0.4 is 20.7 Å². The average molecular weight is 615 g/mol. The highest BCUT2D eigenvalue weighted by molar-refractivity contribution is 9.10. The van der Waals surface area contributed by atoms with E-state index in [4.69, 9.17) is 4.99 Å². The first-order chi connectivity index (χ1) is 19.1. The standard InChI is InChI=1S/C24H33FN4.C7H8BrNS/c1-26-23-10-6-5-9-22(23)24(28-16-15-19-11-13-21(25)14-12-19)29-18-27-17-20-7-3-2-4-8-20;1-9-10-7-4-2-6(8)3-5-7/h5-6,9-14,20,26-27H,2-4,7-8,15-18H2,1H3,(H,28,29);2-5,9H,1H3. The van der Waals surface area contributed by atoms with Crippen LogP contribution in [0.1, 0.15) is 43.2 Å². The van der Waals surface area contributed by atoms with Gasteiger partial charge in [0, 0.05) is 34.2 Å². The fraction of sp³-hybridized carbons (Fsp3) is 0.387. The minimum atomic E-state index is -0.198. The highest BCUT2D eigenvalue weighted by Gasteiger charge is 2.13. The Morgan fingerprint density at radius 2 is 1.67 bits per heavy atom. The maximum atomic E-state index is 13.1. The summed E-state index contributed by atoms with van der Waals surface area (Å²) in [6, 6.07) is 23.1. The van der Waals surface area contributed by atoms with E-state index in [2.05, 4.69) is 60.9 Å². The molecule has 210 valence electrons. The third kappa shape index (κ3) is 11.7. The van der Waals surface area contributed by atoms with Crippen molar-refractivity contribution in [2.24, 2.45) is 10.9 Å². The summed E-state index contributed by atoms with van der Waals surface area (Å²) in [7, 11) is 3.84. The summed E-state index contributed by atoms with van der Waals surface area (Å²) in [5, 5.41) is 10.3. The first-order valence-corrected chi connectivity index (χ1v) is 15.3. The van der Waals surface area contributed by atoms with Crippen molar-refractivity contribution in [3.05, 3.63) is 94.2 Å². The summed E-state index contributed by atoms with van der Waals surface area (Å²) in [4.78, 5) is 6.05. The highest BCUT2D eigenvalue weighted by atomic mass is 79.9. The zero-order valence-electron chi connectivity index (χ0n) is 23.0. The number of nitrogens with one attached hydrogen (secondary N) is 4. The molecule has 0 bridgehead atoms. The Morgan fingerprint density at radius 1 is 0.949 bits per heavy atom. The van der Waals surface area contributed by atoms with Gasteiger partial charge in [0.1, 0.15) is 11.7 Å². The smallest absolute Gasteiger partial charge is 0.131 e. The molecular formula is C31H41BrFN5S. The normalized spacial score (nSPS) is 13.9. The van der Waals surface area contributed by atoms with Crippen LogP contribution in [0.5, 0.6) is 0 Å². The van der Waals surface area contributed by atoms with Gasteiger partial charge in [0.2, 0.25) is 0 Å². The quantitative estimate of drug-likeness (QED) is 0.0794. The summed E-state index contributed by atoms with van der Waals surface area (Å²) < 4.78 is 17.2. The SMILES string of the molecule is CNSc1ccc(Br)cc1.CNc1ccccc1/C(=N\CNCC1CCCCC1)NCCc1ccc(F)cc1. The van der Waals surface area contributed by atoms with Crippen molar-refractivity contribution in [3.63, 3.8) is 0 Å². The summed E-state index contributed by atoms with van der Waals surface area (Å²) in [6.45, 7) is 2.39. The van der Waals surface area contributed by atoms with E-state index in [9.17, 15) is 4.39 Å². The molecule has 0 aromatic heterocycles. The van der Waals surface area contributed by atoms with Crippen LogP contribution in [0, 0.1) is 11.7 Å². The third-order valence-electron chi connectivity index (χ3n) is 6.61. The Bertz CT molecular complexity index is 1120. The third-order valence-corrected chi connectivity index (χ3v) is 7.85. The largest absolute Gasteiger partial charge is 0.388 e. The molecule has 0 amide bonds. The molecule has 0 radical (unpaired) electrons. The van der Waals surface area contributed by atoms with Crippen LogP contribution in [0.4, 0.5) is 10.1 Å². The molecule has 4 rings (SSSR count). The van der Waals surface area contributed by atoms with Gasteiger partial charge in [-0.25, -0.2) is 4.39 Å². The zero-order chi connectivity index (χ0) is 27.7. The topological polar surface area (TPSA) is 60.5 Å². The van der Waals surface area contributed by atoms with Crippen molar-refractivity contribution in [2.45, 2.75) is 43.4 Å². The number of halogens is 2. The molecule has 1 fully saturated rings. The molecule has 39 heavy (non-hydrogen) atoms. The van der Waals surface area contributed by atoms with E-state index in [1.165, 1.54) is 49.1 Å². The molecule has 8 heteroatoms. The van der Waals surface area contributed by atoms with Gasteiger partial charge in [0.25, 0.3) is 0 Å². The lowest BCUT2D eigenvalue weighted by Gasteiger charge is -2.21. The van der Waals surface area contributed by atoms with E-state index in [0.717, 1.165) is 52.6 Å². The lowest BCUT2D eigenvalue weighted by Crippen LogP contribution is -2.30. The monoisotopic (exact) mass is 613 g/mol. The van der Waals surface area contributed by atoms with Crippen LogP contribution in [0.15, 0.2) is 87.2 Å². The Kier molecular flexibility index (Phi) is 14.4. The fourth-order valence-electron chi connectivity index (χ4n) is 4.54. The lowest BCUT2D eigenvalue weighted by molar-refractivity contribution is 0.344. The Labute approximate surface area is 246 Å². The lowest BCUT2D eigenvalue weighted by atomic mass is 9.89. The summed E-state index contributed by atoms with van der Waals surface area (Å²) in [5.41, 5.74) is 3.22. The van der Waals surface area contributed by atoms with Crippen molar-refractivity contribution in [1.29, 1.82) is 0 Å². The second-order valence-electron chi connectivity index (χ2n) is 9.48. The van der Waals surface area contributed by atoms with Gasteiger partial charge in [0.15, 0.2) is 0 Å². The summed E-state index contributed by atoms with van der Waals surface area (Å²) in [5.74, 6) is 1.47.